The van der Waals surface area contributed by atoms with E-state index in [1.807, 2.05) is 26.0 Å². The Hall–Kier alpha value is -2.20. The summed E-state index contributed by atoms with van der Waals surface area (Å²) in [6.07, 6.45) is 2.85. The summed E-state index contributed by atoms with van der Waals surface area (Å²) in [4.78, 5) is 36.8. The number of hydrogen-bond acceptors (Lipinski definition) is 8. The molecule has 1 amide bonds. The number of ether oxygens (including phenoxy) is 3. The van der Waals surface area contributed by atoms with E-state index in [9.17, 15) is 14.7 Å². The fourth-order valence-electron chi connectivity index (χ4n) is 6.51. The predicted molar refractivity (Wildman–Crippen MR) is 127 cm³/mol. The maximum atomic E-state index is 12.7. The van der Waals surface area contributed by atoms with Crippen LogP contribution in [0, 0.1) is 23.7 Å². The van der Waals surface area contributed by atoms with Crippen LogP contribution < -0.4 is 5.32 Å². The van der Waals surface area contributed by atoms with Gasteiger partial charge in [-0.2, -0.15) is 0 Å². The second-order valence-electron chi connectivity index (χ2n) is 11.0. The molecule has 1 saturated carbocycles. The number of esters is 1. The molecule has 2 bridgehead atoms. The van der Waals surface area contributed by atoms with Gasteiger partial charge in [0, 0.05) is 31.2 Å². The Kier molecular flexibility index (Phi) is 7.02. The fourth-order valence-corrected chi connectivity index (χ4v) is 6.51. The molecule has 4 heterocycles. The van der Waals surface area contributed by atoms with E-state index >= 15 is 0 Å². The molecule has 9 nitrogen and oxygen atoms in total. The van der Waals surface area contributed by atoms with Crippen LogP contribution in [0.3, 0.4) is 0 Å². The number of amides is 1. The molecule has 2 N–H and O–H groups in total. The fraction of sp³-hybridized carbons (Fsp3) is 0.704. The average Bonchev–Trinajstić information content (AvgIpc) is 3.08. The van der Waals surface area contributed by atoms with Crippen LogP contribution in [0.2, 0.25) is 0 Å². The van der Waals surface area contributed by atoms with Crippen molar-refractivity contribution in [3.05, 3.63) is 29.8 Å². The zero-order valence-corrected chi connectivity index (χ0v) is 21.2. The Morgan fingerprint density at radius 1 is 1.08 bits per heavy atom. The molecule has 1 spiro atoms. The number of aromatic hydroxyl groups is 1. The van der Waals surface area contributed by atoms with Crippen LogP contribution in [0.25, 0.3) is 0 Å². The normalized spacial score (nSPS) is 39.1. The number of fused-ring (bicyclic) bond motifs is 2. The molecular weight excluding hydrogens is 466 g/mol. The van der Waals surface area contributed by atoms with Crippen molar-refractivity contribution in [3.63, 3.8) is 0 Å². The molecule has 198 valence electrons. The third kappa shape index (κ3) is 4.74. The van der Waals surface area contributed by atoms with E-state index in [4.69, 9.17) is 24.0 Å². The maximum absolute atomic E-state index is 12.7. The first kappa shape index (κ1) is 25.4. The number of nitrogens with one attached hydrogen (secondary N) is 1. The summed E-state index contributed by atoms with van der Waals surface area (Å²) >= 11 is 0. The topological polar surface area (TPSA) is 113 Å². The molecule has 4 aliphatic heterocycles. The van der Waals surface area contributed by atoms with Gasteiger partial charge in [0.05, 0.1) is 6.42 Å². The van der Waals surface area contributed by atoms with Gasteiger partial charge in [0.2, 0.25) is 18.0 Å². The van der Waals surface area contributed by atoms with Crippen molar-refractivity contribution < 1.29 is 38.7 Å². The van der Waals surface area contributed by atoms with Crippen LogP contribution in [-0.2, 0) is 40.0 Å². The highest BCUT2D eigenvalue weighted by Crippen LogP contribution is 2.60. The molecule has 5 fully saturated rings. The van der Waals surface area contributed by atoms with Crippen LogP contribution in [0.1, 0.15) is 64.9 Å². The van der Waals surface area contributed by atoms with Gasteiger partial charge in [0.1, 0.15) is 5.75 Å². The number of carbonyl (C=O) groups excluding carboxylic acids is 2. The summed E-state index contributed by atoms with van der Waals surface area (Å²) in [5, 5.41) is 12.2. The van der Waals surface area contributed by atoms with E-state index in [2.05, 4.69) is 12.2 Å². The lowest BCUT2D eigenvalue weighted by molar-refractivity contribution is -0.576. The van der Waals surface area contributed by atoms with Crippen LogP contribution in [0.5, 0.6) is 5.75 Å². The van der Waals surface area contributed by atoms with Gasteiger partial charge in [-0.3, -0.25) is 9.59 Å². The van der Waals surface area contributed by atoms with Gasteiger partial charge in [0.25, 0.3) is 0 Å². The van der Waals surface area contributed by atoms with Crippen molar-refractivity contribution in [2.45, 2.75) is 89.7 Å². The Bertz CT molecular complexity index is 969. The van der Waals surface area contributed by atoms with Gasteiger partial charge in [0.15, 0.2) is 11.9 Å². The molecule has 9 heteroatoms. The van der Waals surface area contributed by atoms with Crippen molar-refractivity contribution >= 4 is 11.9 Å². The Balaban J connectivity index is 1.15. The lowest BCUT2D eigenvalue weighted by atomic mass is 9.58. The second-order valence-corrected chi connectivity index (χ2v) is 11.0. The van der Waals surface area contributed by atoms with Crippen molar-refractivity contribution in [2.24, 2.45) is 23.7 Å². The number of rotatable bonds is 7. The van der Waals surface area contributed by atoms with Crippen LogP contribution in [0.4, 0.5) is 0 Å². The molecule has 6 rings (SSSR count). The van der Waals surface area contributed by atoms with Gasteiger partial charge in [-0.05, 0) is 62.1 Å². The van der Waals surface area contributed by atoms with E-state index in [0.717, 1.165) is 31.2 Å². The minimum atomic E-state index is -0.884. The predicted octanol–water partition coefficient (Wildman–Crippen LogP) is 3.58. The second kappa shape index (κ2) is 9.93. The van der Waals surface area contributed by atoms with Crippen molar-refractivity contribution in [1.29, 1.82) is 0 Å². The molecule has 4 saturated heterocycles. The molecule has 0 radical (unpaired) electrons. The number of hydrogen-bond donors (Lipinski definition) is 2. The standard InChI is InChI=1S/C27H37NO8/c1-16-4-9-21-17(2)24(33-25-27(21)20(16)12-14-26(3,34-25)35-36-27)32-23(31)11-10-22(30)28-15-13-18-5-7-19(29)8-6-18/h5-8,16-17,20-21,24-25,29H,4,9-15H2,1-3H3,(H,28,30). The first-order chi connectivity index (χ1) is 17.2. The van der Waals surface area contributed by atoms with Gasteiger partial charge in [-0.1, -0.05) is 26.0 Å². The number of phenolic OH excluding ortho intramolecular Hbond substituents is 1. The van der Waals surface area contributed by atoms with Gasteiger partial charge >= 0.3 is 5.97 Å². The smallest absolute Gasteiger partial charge is 0.308 e. The highest BCUT2D eigenvalue weighted by Gasteiger charge is 2.69. The lowest BCUT2D eigenvalue weighted by Gasteiger charge is -2.59. The minimum absolute atomic E-state index is 0.0318. The van der Waals surface area contributed by atoms with Gasteiger partial charge in [-0.25, -0.2) is 9.78 Å². The number of benzene rings is 1. The van der Waals surface area contributed by atoms with Crippen molar-refractivity contribution in [2.75, 3.05) is 6.54 Å². The van der Waals surface area contributed by atoms with Gasteiger partial charge in [-0.15, -0.1) is 0 Å². The zero-order chi connectivity index (χ0) is 25.5. The Morgan fingerprint density at radius 2 is 1.86 bits per heavy atom. The molecule has 8 atom stereocenters. The molecule has 1 aromatic rings. The number of carbonyl (C=O) groups is 2. The first-order valence-electron chi connectivity index (χ1n) is 13.1. The Labute approximate surface area is 211 Å². The highest BCUT2D eigenvalue weighted by molar-refractivity contribution is 5.81. The molecule has 1 aliphatic carbocycles. The summed E-state index contributed by atoms with van der Waals surface area (Å²) in [7, 11) is 0. The molecule has 5 aliphatic rings. The molecule has 8 unspecified atom stereocenters. The van der Waals surface area contributed by atoms with E-state index in [1.54, 1.807) is 12.1 Å². The quantitative estimate of drug-likeness (QED) is 0.429. The largest absolute Gasteiger partial charge is 0.508 e. The zero-order valence-electron chi connectivity index (χ0n) is 21.2. The van der Waals surface area contributed by atoms with Crippen LogP contribution in [0.15, 0.2) is 24.3 Å². The SMILES string of the molecule is CC1CCC2C(C)C(OC(=O)CCC(=O)NCCc3ccc(O)cc3)OC3OC4(C)CCC1C32OO4. The van der Waals surface area contributed by atoms with E-state index in [0.29, 0.717) is 18.9 Å². The van der Waals surface area contributed by atoms with Crippen LogP contribution >= 0.6 is 0 Å². The van der Waals surface area contributed by atoms with E-state index < -0.39 is 29.9 Å². The van der Waals surface area contributed by atoms with E-state index in [1.165, 1.54) is 0 Å². The highest BCUT2D eigenvalue weighted by atomic mass is 17.3. The third-order valence-corrected chi connectivity index (χ3v) is 8.57. The lowest BCUT2D eigenvalue weighted by Crippen LogP contribution is -2.70. The van der Waals surface area contributed by atoms with Gasteiger partial charge < -0.3 is 24.6 Å². The summed E-state index contributed by atoms with van der Waals surface area (Å²) in [6, 6.07) is 6.85. The summed E-state index contributed by atoms with van der Waals surface area (Å²) < 4.78 is 18.3. The summed E-state index contributed by atoms with van der Waals surface area (Å²) in [6.45, 7) is 6.59. The third-order valence-electron chi connectivity index (χ3n) is 8.57. The Morgan fingerprint density at radius 3 is 2.64 bits per heavy atom. The van der Waals surface area contributed by atoms with Crippen LogP contribution in [-0.4, -0.2) is 47.5 Å². The first-order valence-corrected chi connectivity index (χ1v) is 13.1. The molecule has 1 aromatic carbocycles. The number of phenols is 1. The monoisotopic (exact) mass is 503 g/mol. The molecule has 36 heavy (non-hydrogen) atoms. The van der Waals surface area contributed by atoms with Crippen molar-refractivity contribution in [1.82, 2.24) is 5.32 Å². The molecular formula is C27H37NO8. The summed E-state index contributed by atoms with van der Waals surface area (Å²) in [5.74, 6) is -0.693. The maximum Gasteiger partial charge on any atom is 0.308 e. The molecule has 0 aromatic heterocycles. The van der Waals surface area contributed by atoms with Crippen molar-refractivity contribution in [3.8, 4) is 5.75 Å². The average molecular weight is 504 g/mol. The summed E-state index contributed by atoms with van der Waals surface area (Å²) in [5.41, 5.74) is 0.304. The minimum Gasteiger partial charge on any atom is -0.508 e. The van der Waals surface area contributed by atoms with E-state index in [-0.39, 0.29) is 42.3 Å².